The topological polar surface area (TPSA) is 68.3 Å². The van der Waals surface area contributed by atoms with E-state index in [-0.39, 0.29) is 0 Å². The Morgan fingerprint density at radius 2 is 1.33 bits per heavy atom. The highest BCUT2D eigenvalue weighted by Gasteiger charge is 2.05. The molecule has 0 aliphatic carbocycles. The van der Waals surface area contributed by atoms with Crippen LogP contribution in [0, 0.1) is 3.57 Å². The Labute approximate surface area is 172 Å². The Morgan fingerprint density at radius 1 is 0.815 bits per heavy atom. The lowest BCUT2D eigenvalue weighted by molar-refractivity contribution is 0.414. The zero-order valence-electron chi connectivity index (χ0n) is 15.2. The number of hydrogen-bond acceptors (Lipinski definition) is 6. The first kappa shape index (κ1) is 19.2. The Hall–Kier alpha value is -2.55. The van der Waals surface area contributed by atoms with Gasteiger partial charge < -0.3 is 20.1 Å². The highest BCUT2D eigenvalue weighted by Crippen LogP contribution is 2.19. The first-order valence-electron chi connectivity index (χ1n) is 8.44. The van der Waals surface area contributed by atoms with Gasteiger partial charge in [0, 0.05) is 19.3 Å². The molecule has 1 heterocycles. The number of methoxy groups -OCH3 is 2. The molecule has 3 rings (SSSR count). The summed E-state index contributed by atoms with van der Waals surface area (Å²) in [5.74, 6) is 3.08. The summed E-state index contributed by atoms with van der Waals surface area (Å²) >= 11 is 2.23. The lowest BCUT2D eigenvalue weighted by atomic mass is 10.2. The smallest absolute Gasteiger partial charge is 0.224 e. The van der Waals surface area contributed by atoms with Crippen molar-refractivity contribution in [2.75, 3.05) is 24.9 Å². The predicted molar refractivity (Wildman–Crippen MR) is 115 cm³/mol. The van der Waals surface area contributed by atoms with Gasteiger partial charge in [0.1, 0.15) is 17.3 Å². The fraction of sp³-hybridized carbons (Fsp3) is 0.200. The van der Waals surface area contributed by atoms with Crippen molar-refractivity contribution in [1.29, 1.82) is 0 Å². The van der Waals surface area contributed by atoms with Crippen LogP contribution in [0.2, 0.25) is 0 Å². The Kier molecular flexibility index (Phi) is 6.69. The molecule has 0 unspecified atom stereocenters. The van der Waals surface area contributed by atoms with Crippen LogP contribution < -0.4 is 20.1 Å². The third kappa shape index (κ3) is 5.46. The largest absolute Gasteiger partial charge is 0.497 e. The summed E-state index contributed by atoms with van der Waals surface area (Å²) in [5.41, 5.74) is 2.28. The van der Waals surface area contributed by atoms with Crippen molar-refractivity contribution < 1.29 is 9.47 Å². The molecule has 2 aromatic carbocycles. The molecule has 7 heteroatoms. The van der Waals surface area contributed by atoms with E-state index in [2.05, 4.69) is 43.2 Å². The molecule has 1 aromatic heterocycles. The van der Waals surface area contributed by atoms with Crippen LogP contribution in [0.1, 0.15) is 11.1 Å². The fourth-order valence-electron chi connectivity index (χ4n) is 2.43. The van der Waals surface area contributed by atoms with Gasteiger partial charge in [-0.15, -0.1) is 0 Å². The van der Waals surface area contributed by atoms with Gasteiger partial charge in [-0.2, -0.15) is 4.98 Å². The molecule has 0 radical (unpaired) electrons. The van der Waals surface area contributed by atoms with Crippen LogP contribution in [0.4, 0.5) is 11.8 Å². The van der Waals surface area contributed by atoms with Crippen LogP contribution in [0.25, 0.3) is 0 Å². The van der Waals surface area contributed by atoms with E-state index in [1.54, 1.807) is 20.4 Å². The summed E-state index contributed by atoms with van der Waals surface area (Å²) in [6, 6.07) is 15.9. The molecule has 0 saturated carbocycles. The molecule has 27 heavy (non-hydrogen) atoms. The number of benzene rings is 2. The summed E-state index contributed by atoms with van der Waals surface area (Å²) in [4.78, 5) is 8.93. The molecule has 0 atom stereocenters. The fourth-order valence-corrected chi connectivity index (χ4v) is 2.88. The van der Waals surface area contributed by atoms with E-state index >= 15 is 0 Å². The number of nitrogens with one attached hydrogen (secondary N) is 2. The summed E-state index contributed by atoms with van der Waals surface area (Å²) in [6.45, 7) is 1.32. The second-order valence-corrected chi connectivity index (χ2v) is 6.96. The highest BCUT2D eigenvalue weighted by atomic mass is 127. The minimum atomic E-state index is 0.587. The molecule has 0 aliphatic heterocycles. The third-order valence-electron chi connectivity index (χ3n) is 3.97. The highest BCUT2D eigenvalue weighted by molar-refractivity contribution is 14.1. The van der Waals surface area contributed by atoms with Crippen molar-refractivity contribution in [3.8, 4) is 11.5 Å². The van der Waals surface area contributed by atoms with Crippen molar-refractivity contribution in [2.45, 2.75) is 13.1 Å². The van der Waals surface area contributed by atoms with Crippen LogP contribution in [-0.4, -0.2) is 24.2 Å². The molecule has 3 aromatic rings. The zero-order chi connectivity index (χ0) is 19.1. The van der Waals surface area contributed by atoms with Crippen molar-refractivity contribution in [3.05, 3.63) is 69.4 Å². The van der Waals surface area contributed by atoms with Gasteiger partial charge >= 0.3 is 0 Å². The van der Waals surface area contributed by atoms with Gasteiger partial charge in [0.05, 0.1) is 17.8 Å². The molecule has 0 amide bonds. The molecule has 0 aliphatic rings. The van der Waals surface area contributed by atoms with Crippen LogP contribution in [0.5, 0.6) is 11.5 Å². The lowest BCUT2D eigenvalue weighted by Crippen LogP contribution is -2.08. The molecule has 0 fully saturated rings. The summed E-state index contributed by atoms with van der Waals surface area (Å²) in [7, 11) is 3.32. The maximum absolute atomic E-state index is 5.19. The average molecular weight is 476 g/mol. The van der Waals surface area contributed by atoms with Gasteiger partial charge in [-0.05, 0) is 58.0 Å². The van der Waals surface area contributed by atoms with E-state index in [1.165, 1.54) is 0 Å². The average Bonchev–Trinajstić information content (AvgIpc) is 2.73. The molecule has 0 spiro atoms. The van der Waals surface area contributed by atoms with Crippen LogP contribution in [0.15, 0.2) is 54.7 Å². The van der Waals surface area contributed by atoms with E-state index in [9.17, 15) is 0 Å². The van der Waals surface area contributed by atoms with Crippen LogP contribution >= 0.6 is 22.6 Å². The normalized spacial score (nSPS) is 10.3. The summed E-state index contributed by atoms with van der Waals surface area (Å²) in [5, 5.41) is 6.62. The van der Waals surface area contributed by atoms with Crippen molar-refractivity contribution in [3.63, 3.8) is 0 Å². The number of rotatable bonds is 8. The summed E-state index contributed by atoms with van der Waals surface area (Å²) in [6.07, 6.45) is 1.81. The quantitative estimate of drug-likeness (QED) is 0.472. The second kappa shape index (κ2) is 9.40. The second-order valence-electron chi connectivity index (χ2n) is 5.79. The third-order valence-corrected chi connectivity index (χ3v) is 4.76. The standard InChI is InChI=1S/C20H21IN4O2/c1-26-16-7-3-14(4-8-16)11-22-19-18(21)13-24-20(25-19)23-12-15-5-9-17(27-2)10-6-15/h3-10,13H,11-12H2,1-2H3,(H2,22,23,24,25). The van der Waals surface area contributed by atoms with E-state index in [0.29, 0.717) is 19.0 Å². The molecular formula is C20H21IN4O2. The van der Waals surface area contributed by atoms with Gasteiger partial charge in [-0.3, -0.25) is 0 Å². The number of halogens is 1. The molecule has 140 valence electrons. The van der Waals surface area contributed by atoms with Gasteiger partial charge in [0.2, 0.25) is 5.95 Å². The number of hydrogen-bond donors (Lipinski definition) is 2. The molecule has 0 bridgehead atoms. The van der Waals surface area contributed by atoms with E-state index in [1.807, 2.05) is 48.5 Å². The maximum atomic E-state index is 5.19. The summed E-state index contributed by atoms with van der Waals surface area (Å²) < 4.78 is 11.3. The lowest BCUT2D eigenvalue weighted by Gasteiger charge is -2.11. The van der Waals surface area contributed by atoms with Gasteiger partial charge in [0.25, 0.3) is 0 Å². The Bertz CT molecular complexity index is 870. The molecule has 0 saturated heterocycles. The predicted octanol–water partition coefficient (Wildman–Crippen LogP) is 4.32. The van der Waals surface area contributed by atoms with Crippen molar-refractivity contribution in [2.24, 2.45) is 0 Å². The number of aromatic nitrogens is 2. The molecular weight excluding hydrogens is 455 g/mol. The minimum Gasteiger partial charge on any atom is -0.497 e. The van der Waals surface area contributed by atoms with E-state index in [4.69, 9.17) is 9.47 Å². The monoisotopic (exact) mass is 476 g/mol. The first-order valence-corrected chi connectivity index (χ1v) is 9.52. The number of nitrogens with zero attached hydrogens (tertiary/aromatic N) is 2. The maximum Gasteiger partial charge on any atom is 0.224 e. The molecule has 6 nitrogen and oxygen atoms in total. The zero-order valence-corrected chi connectivity index (χ0v) is 17.4. The number of ether oxygens (including phenoxy) is 2. The van der Waals surface area contributed by atoms with Crippen molar-refractivity contribution in [1.82, 2.24) is 9.97 Å². The Morgan fingerprint density at radius 3 is 1.85 bits per heavy atom. The Balaban J connectivity index is 1.60. The minimum absolute atomic E-state index is 0.587. The number of anilines is 2. The SMILES string of the molecule is COc1ccc(CNc2ncc(I)c(NCc3ccc(OC)cc3)n2)cc1. The van der Waals surface area contributed by atoms with E-state index in [0.717, 1.165) is 32.0 Å². The van der Waals surface area contributed by atoms with Crippen LogP contribution in [-0.2, 0) is 13.1 Å². The van der Waals surface area contributed by atoms with Gasteiger partial charge in [0.15, 0.2) is 0 Å². The van der Waals surface area contributed by atoms with E-state index < -0.39 is 0 Å². The van der Waals surface area contributed by atoms with Gasteiger partial charge in [-0.25, -0.2) is 4.98 Å². The van der Waals surface area contributed by atoms with Gasteiger partial charge in [-0.1, -0.05) is 24.3 Å². The van der Waals surface area contributed by atoms with Crippen LogP contribution in [0.3, 0.4) is 0 Å². The molecule has 2 N–H and O–H groups in total. The first-order chi connectivity index (χ1) is 13.2. The van der Waals surface area contributed by atoms with Crippen molar-refractivity contribution >= 4 is 34.4 Å².